The van der Waals surface area contributed by atoms with E-state index in [1.807, 2.05) is 77.6 Å². The van der Waals surface area contributed by atoms with E-state index < -0.39 is 0 Å². The molecule has 0 radical (unpaired) electrons. The van der Waals surface area contributed by atoms with Crippen LogP contribution < -0.4 is 4.74 Å². The molecule has 2 heterocycles. The lowest BCUT2D eigenvalue weighted by Crippen LogP contribution is -2.02. The first kappa shape index (κ1) is 21.0. The predicted octanol–water partition coefficient (Wildman–Crippen LogP) is 6.90. The van der Waals surface area contributed by atoms with Gasteiger partial charge in [-0.3, -0.25) is 4.68 Å². The van der Waals surface area contributed by atoms with Crippen molar-refractivity contribution in [2.24, 2.45) is 0 Å². The maximum atomic E-state index is 6.05. The molecule has 5 heteroatoms. The Kier molecular flexibility index (Phi) is 6.18. The molecule has 2 aromatic heterocycles. The van der Waals surface area contributed by atoms with Gasteiger partial charge in [-0.1, -0.05) is 60.1 Å². The molecule has 0 atom stereocenters. The van der Waals surface area contributed by atoms with Gasteiger partial charge < -0.3 is 4.74 Å². The highest BCUT2D eigenvalue weighted by molar-refractivity contribution is 6.30. The highest BCUT2D eigenvalue weighted by Crippen LogP contribution is 2.24. The smallest absolute Gasteiger partial charge is 0.130 e. The Morgan fingerprint density at radius 3 is 2.48 bits per heavy atom. The summed E-state index contributed by atoms with van der Waals surface area (Å²) in [5, 5.41) is 6.22. The van der Waals surface area contributed by atoms with Crippen molar-refractivity contribution in [1.82, 2.24) is 14.8 Å². The summed E-state index contributed by atoms with van der Waals surface area (Å²) >= 11 is 6.05. The maximum absolute atomic E-state index is 6.05. The summed E-state index contributed by atoms with van der Waals surface area (Å²) < 4.78 is 7.91. The quantitative estimate of drug-likeness (QED) is 0.252. The van der Waals surface area contributed by atoms with Crippen molar-refractivity contribution in [2.45, 2.75) is 13.2 Å². The summed E-state index contributed by atoms with van der Waals surface area (Å²) in [7, 11) is 0. The predicted molar refractivity (Wildman–Crippen MR) is 134 cm³/mol. The second-order valence-corrected chi connectivity index (χ2v) is 8.17. The van der Waals surface area contributed by atoms with Gasteiger partial charge in [0, 0.05) is 22.8 Å². The minimum atomic E-state index is 0.422. The van der Waals surface area contributed by atoms with Crippen LogP contribution in [0.4, 0.5) is 0 Å². The molecule has 0 aliphatic heterocycles. The lowest BCUT2D eigenvalue weighted by molar-refractivity contribution is 0.302. The Morgan fingerprint density at radius 2 is 1.70 bits per heavy atom. The minimum Gasteiger partial charge on any atom is -0.487 e. The molecule has 0 spiro atoms. The summed E-state index contributed by atoms with van der Waals surface area (Å²) in [6.07, 6.45) is 5.91. The summed E-state index contributed by atoms with van der Waals surface area (Å²) in [4.78, 5) is 4.68. The van der Waals surface area contributed by atoms with E-state index in [4.69, 9.17) is 16.3 Å². The van der Waals surface area contributed by atoms with Crippen molar-refractivity contribution >= 4 is 34.2 Å². The Balaban J connectivity index is 1.34. The average molecular weight is 452 g/mol. The first-order chi connectivity index (χ1) is 16.2. The molecular formula is C28H22ClN3O. The summed E-state index contributed by atoms with van der Waals surface area (Å²) in [5.41, 5.74) is 5.22. The highest BCUT2D eigenvalue weighted by Gasteiger charge is 2.06. The number of pyridine rings is 1. The third kappa shape index (κ3) is 5.30. The van der Waals surface area contributed by atoms with E-state index in [2.05, 4.69) is 40.4 Å². The molecule has 0 saturated heterocycles. The van der Waals surface area contributed by atoms with Gasteiger partial charge in [0.1, 0.15) is 12.4 Å². The van der Waals surface area contributed by atoms with Crippen LogP contribution in [-0.4, -0.2) is 14.8 Å². The molecule has 0 aliphatic rings. The fraction of sp³-hybridized carbons (Fsp3) is 0.0714. The molecule has 0 fully saturated rings. The molecule has 0 aliphatic carbocycles. The van der Waals surface area contributed by atoms with Gasteiger partial charge in [0.15, 0.2) is 0 Å². The van der Waals surface area contributed by atoms with Crippen LogP contribution in [0.5, 0.6) is 5.75 Å². The van der Waals surface area contributed by atoms with Crippen molar-refractivity contribution < 1.29 is 4.74 Å². The molecule has 0 amide bonds. The number of allylic oxidation sites excluding steroid dienone is 1. The normalized spacial score (nSPS) is 11.6. The second kappa shape index (κ2) is 9.72. The Hall–Kier alpha value is -3.89. The fourth-order valence-corrected chi connectivity index (χ4v) is 3.79. The lowest BCUT2D eigenvalue weighted by Gasteiger charge is -2.11. The number of para-hydroxylation sites is 1. The van der Waals surface area contributed by atoms with Gasteiger partial charge in [0.25, 0.3) is 0 Å². The van der Waals surface area contributed by atoms with E-state index in [1.165, 1.54) is 0 Å². The van der Waals surface area contributed by atoms with Crippen LogP contribution in [-0.2, 0) is 13.2 Å². The van der Waals surface area contributed by atoms with Gasteiger partial charge >= 0.3 is 0 Å². The molecule has 5 rings (SSSR count). The van der Waals surface area contributed by atoms with Gasteiger partial charge in [-0.15, -0.1) is 0 Å². The zero-order valence-corrected chi connectivity index (χ0v) is 18.7. The van der Waals surface area contributed by atoms with Crippen LogP contribution >= 0.6 is 11.6 Å². The number of aromatic nitrogens is 3. The first-order valence-corrected chi connectivity index (χ1v) is 11.1. The molecule has 5 aromatic rings. The van der Waals surface area contributed by atoms with E-state index in [0.717, 1.165) is 44.1 Å². The number of rotatable bonds is 7. The number of fused-ring (bicyclic) bond motifs is 1. The monoisotopic (exact) mass is 451 g/mol. The Bertz CT molecular complexity index is 1380. The van der Waals surface area contributed by atoms with Crippen LogP contribution in [0.25, 0.3) is 22.6 Å². The zero-order valence-electron chi connectivity index (χ0n) is 17.9. The molecule has 4 nitrogen and oxygen atoms in total. The largest absolute Gasteiger partial charge is 0.487 e. The number of halogens is 1. The van der Waals surface area contributed by atoms with Crippen LogP contribution in [0.1, 0.15) is 16.8 Å². The van der Waals surface area contributed by atoms with Gasteiger partial charge in [-0.05, 0) is 65.2 Å². The minimum absolute atomic E-state index is 0.422. The lowest BCUT2D eigenvalue weighted by atomic mass is 10.0. The number of ether oxygens (including phenoxy) is 1. The fourth-order valence-electron chi connectivity index (χ4n) is 3.66. The second-order valence-electron chi connectivity index (χ2n) is 7.73. The van der Waals surface area contributed by atoms with Crippen LogP contribution in [0.3, 0.4) is 0 Å². The van der Waals surface area contributed by atoms with Crippen LogP contribution in [0.15, 0.2) is 103 Å². The van der Waals surface area contributed by atoms with Gasteiger partial charge in [0.05, 0.1) is 17.8 Å². The Labute approximate surface area is 197 Å². The van der Waals surface area contributed by atoms with Gasteiger partial charge in [0.2, 0.25) is 0 Å². The number of nitrogens with zero attached hydrogens (tertiary/aromatic N) is 3. The summed E-state index contributed by atoms with van der Waals surface area (Å²) in [6.45, 7) is 1.09. The molecule has 0 N–H and O–H groups in total. The van der Waals surface area contributed by atoms with Crippen LogP contribution in [0.2, 0.25) is 5.02 Å². The summed E-state index contributed by atoms with van der Waals surface area (Å²) in [5.74, 6) is 0.804. The topological polar surface area (TPSA) is 39.9 Å². The molecule has 3 aromatic carbocycles. The van der Waals surface area contributed by atoms with Crippen molar-refractivity contribution in [2.75, 3.05) is 0 Å². The summed E-state index contributed by atoms with van der Waals surface area (Å²) in [6, 6.07) is 30.1. The molecule has 0 bridgehead atoms. The molecule has 0 unspecified atom stereocenters. The van der Waals surface area contributed by atoms with Crippen molar-refractivity contribution in [3.63, 3.8) is 0 Å². The average Bonchev–Trinajstić information content (AvgIpc) is 3.37. The first-order valence-electron chi connectivity index (χ1n) is 10.7. The van der Waals surface area contributed by atoms with E-state index in [9.17, 15) is 0 Å². The van der Waals surface area contributed by atoms with Crippen molar-refractivity contribution in [1.29, 1.82) is 0 Å². The molecular weight excluding hydrogens is 430 g/mol. The molecule has 0 saturated carbocycles. The molecule has 33 heavy (non-hydrogen) atoms. The highest BCUT2D eigenvalue weighted by atomic mass is 35.5. The number of benzene rings is 3. The van der Waals surface area contributed by atoms with E-state index in [-0.39, 0.29) is 0 Å². The van der Waals surface area contributed by atoms with Crippen LogP contribution in [0, 0.1) is 0 Å². The molecule has 162 valence electrons. The third-order valence-corrected chi connectivity index (χ3v) is 5.62. The zero-order chi connectivity index (χ0) is 22.5. The number of hydrogen-bond acceptors (Lipinski definition) is 3. The Morgan fingerprint density at radius 1 is 0.879 bits per heavy atom. The van der Waals surface area contributed by atoms with Crippen molar-refractivity contribution in [3.8, 4) is 5.75 Å². The van der Waals surface area contributed by atoms with Gasteiger partial charge in [-0.25, -0.2) is 4.98 Å². The number of hydrogen-bond donors (Lipinski definition) is 0. The third-order valence-electron chi connectivity index (χ3n) is 5.37. The van der Waals surface area contributed by atoms with E-state index >= 15 is 0 Å². The standard InChI is InChI=1S/C28H22ClN3O/c29-25-11-6-21(7-12-25)18-24(19-32-17-3-16-30-32)22-9-14-27(15-10-22)33-20-26-13-8-23-4-1-2-5-28(23)31-26/h1-18H,19-20H2/b24-18+. The van der Waals surface area contributed by atoms with E-state index in [0.29, 0.717) is 13.2 Å². The van der Waals surface area contributed by atoms with Gasteiger partial charge in [-0.2, -0.15) is 5.10 Å². The maximum Gasteiger partial charge on any atom is 0.130 e. The van der Waals surface area contributed by atoms with E-state index in [1.54, 1.807) is 6.20 Å². The SMILES string of the molecule is Clc1ccc(/C=C(\Cn2cccn2)c2ccc(OCc3ccc4ccccc4n3)cc2)cc1. The van der Waals surface area contributed by atoms with Crippen molar-refractivity contribution in [3.05, 3.63) is 125 Å².